The molecule has 0 aromatic carbocycles. The molecular weight excluding hydrogens is 370 g/mol. The van der Waals surface area contributed by atoms with E-state index in [4.69, 9.17) is 5.26 Å². The summed E-state index contributed by atoms with van der Waals surface area (Å²) in [4.78, 5) is 2.58. The standard InChI is InChI=1S/C25H45N3Si/c26-17-10-18-27-19-21-28(22-20-27)29(23-11-4-1-5-12-23,24-13-6-2-7-14-24)25-15-8-3-9-16-25/h23-25H,1-16,18-22H2. The first-order valence-corrected chi connectivity index (χ1v) is 15.4. The van der Waals surface area contributed by atoms with Crippen LogP contribution in [0.1, 0.15) is 103 Å². The van der Waals surface area contributed by atoms with Crippen LogP contribution in [0.4, 0.5) is 0 Å². The minimum Gasteiger partial charge on any atom is -0.320 e. The van der Waals surface area contributed by atoms with Gasteiger partial charge in [-0.05, 0) is 16.6 Å². The van der Waals surface area contributed by atoms with Crippen LogP contribution >= 0.6 is 0 Å². The summed E-state index contributed by atoms with van der Waals surface area (Å²) in [5.41, 5.74) is 3.27. The van der Waals surface area contributed by atoms with Crippen molar-refractivity contribution in [2.75, 3.05) is 32.7 Å². The van der Waals surface area contributed by atoms with Gasteiger partial charge in [-0.25, -0.2) is 0 Å². The highest BCUT2D eigenvalue weighted by atomic mass is 28.3. The monoisotopic (exact) mass is 415 g/mol. The average Bonchev–Trinajstić information content (AvgIpc) is 2.81. The largest absolute Gasteiger partial charge is 0.320 e. The molecule has 1 saturated heterocycles. The van der Waals surface area contributed by atoms with Crippen molar-refractivity contribution < 1.29 is 0 Å². The van der Waals surface area contributed by atoms with E-state index in [-0.39, 0.29) is 0 Å². The van der Waals surface area contributed by atoms with Crippen molar-refractivity contribution in [2.24, 2.45) is 0 Å². The molecule has 1 aliphatic heterocycles. The number of nitriles is 1. The molecule has 0 aromatic heterocycles. The Balaban J connectivity index is 1.61. The van der Waals surface area contributed by atoms with E-state index in [0.29, 0.717) is 6.42 Å². The number of hydrogen-bond acceptors (Lipinski definition) is 3. The van der Waals surface area contributed by atoms with Gasteiger partial charge in [0.15, 0.2) is 0 Å². The molecule has 4 fully saturated rings. The lowest BCUT2D eigenvalue weighted by molar-refractivity contribution is 0.173. The molecule has 1 heterocycles. The van der Waals surface area contributed by atoms with Gasteiger partial charge in [-0.2, -0.15) is 5.26 Å². The highest BCUT2D eigenvalue weighted by Crippen LogP contribution is 2.58. The lowest BCUT2D eigenvalue weighted by atomic mass is 9.98. The molecule has 0 unspecified atom stereocenters. The second-order valence-electron chi connectivity index (χ2n) is 10.6. The number of nitrogens with zero attached hydrogens (tertiary/aromatic N) is 3. The Morgan fingerprint density at radius 2 is 1.03 bits per heavy atom. The second kappa shape index (κ2) is 10.8. The summed E-state index contributed by atoms with van der Waals surface area (Å²) < 4.78 is 3.22. The van der Waals surface area contributed by atoms with Gasteiger partial charge in [0.05, 0.1) is 6.07 Å². The van der Waals surface area contributed by atoms with E-state index in [1.165, 1.54) is 84.0 Å². The van der Waals surface area contributed by atoms with Crippen LogP contribution in [0.3, 0.4) is 0 Å². The molecule has 3 nitrogen and oxygen atoms in total. The Labute approximate surface area is 181 Å². The Kier molecular flexibility index (Phi) is 8.12. The van der Waals surface area contributed by atoms with E-state index in [1.54, 1.807) is 38.5 Å². The van der Waals surface area contributed by atoms with E-state index in [1.807, 2.05) is 0 Å². The van der Waals surface area contributed by atoms with Crippen molar-refractivity contribution in [1.82, 2.24) is 9.47 Å². The first kappa shape index (κ1) is 21.8. The van der Waals surface area contributed by atoms with Gasteiger partial charge in [0.25, 0.3) is 0 Å². The van der Waals surface area contributed by atoms with Crippen LogP contribution in [0.25, 0.3) is 0 Å². The lowest BCUT2D eigenvalue weighted by Crippen LogP contribution is -2.67. The molecule has 0 bridgehead atoms. The summed E-state index contributed by atoms with van der Waals surface area (Å²) in [6.07, 6.45) is 23.7. The molecule has 0 spiro atoms. The van der Waals surface area contributed by atoms with Gasteiger partial charge < -0.3 is 4.57 Å². The van der Waals surface area contributed by atoms with Crippen molar-refractivity contribution in [3.8, 4) is 6.07 Å². The quantitative estimate of drug-likeness (QED) is 0.466. The summed E-state index contributed by atoms with van der Waals surface area (Å²) in [6.45, 7) is 6.09. The molecule has 4 aliphatic rings. The summed E-state index contributed by atoms with van der Waals surface area (Å²) in [6, 6.07) is 2.36. The molecule has 3 aliphatic carbocycles. The van der Waals surface area contributed by atoms with Crippen LogP contribution in [0.2, 0.25) is 16.6 Å². The number of piperazine rings is 1. The zero-order valence-electron chi connectivity index (χ0n) is 18.9. The highest BCUT2D eigenvalue weighted by Gasteiger charge is 2.56. The highest BCUT2D eigenvalue weighted by molar-refractivity contribution is 6.81. The minimum absolute atomic E-state index is 0.705. The minimum atomic E-state index is -1.51. The molecule has 0 atom stereocenters. The molecule has 0 N–H and O–H groups in total. The topological polar surface area (TPSA) is 30.3 Å². The fourth-order valence-electron chi connectivity index (χ4n) is 8.04. The summed E-state index contributed by atoms with van der Waals surface area (Å²) >= 11 is 0. The van der Waals surface area contributed by atoms with Gasteiger partial charge >= 0.3 is 0 Å². The third-order valence-electron chi connectivity index (χ3n) is 9.24. The molecule has 0 aromatic rings. The third-order valence-corrected chi connectivity index (χ3v) is 16.4. The van der Waals surface area contributed by atoms with Crippen LogP contribution in [0.5, 0.6) is 0 Å². The van der Waals surface area contributed by atoms with Gasteiger partial charge in [-0.3, -0.25) is 4.90 Å². The van der Waals surface area contributed by atoms with Crippen LogP contribution in [0.15, 0.2) is 0 Å². The third kappa shape index (κ3) is 4.78. The van der Waals surface area contributed by atoms with Gasteiger partial charge in [0.1, 0.15) is 8.24 Å². The van der Waals surface area contributed by atoms with Crippen LogP contribution in [-0.4, -0.2) is 50.4 Å². The normalized spacial score (nSPS) is 27.7. The fourth-order valence-corrected chi connectivity index (χ4v) is 16.6. The molecule has 0 amide bonds. The predicted octanol–water partition coefficient (Wildman–Crippen LogP) is 6.47. The van der Waals surface area contributed by atoms with Crippen molar-refractivity contribution in [2.45, 2.75) is 119 Å². The summed E-state index contributed by atoms with van der Waals surface area (Å²) in [5.74, 6) is 0. The SMILES string of the molecule is N#CCCN1CCN([Si](C2CCCCC2)(C2CCCCC2)C2CCCCC2)CC1. The summed E-state index contributed by atoms with van der Waals surface area (Å²) in [5, 5.41) is 9.01. The molecule has 0 radical (unpaired) electrons. The zero-order chi connectivity index (χ0) is 19.9. The predicted molar refractivity (Wildman–Crippen MR) is 125 cm³/mol. The average molecular weight is 416 g/mol. The Morgan fingerprint density at radius 3 is 1.41 bits per heavy atom. The molecule has 3 saturated carbocycles. The maximum atomic E-state index is 9.01. The first-order valence-electron chi connectivity index (χ1n) is 13.2. The molecule has 4 rings (SSSR count). The Hall–Kier alpha value is -0.373. The van der Waals surface area contributed by atoms with Crippen molar-refractivity contribution in [3.05, 3.63) is 0 Å². The first-order chi connectivity index (χ1) is 14.4. The molecule has 164 valence electrons. The maximum Gasteiger partial charge on any atom is 0.137 e. The fraction of sp³-hybridized carbons (Fsp3) is 0.960. The maximum absolute atomic E-state index is 9.01. The van der Waals surface area contributed by atoms with Crippen LogP contribution in [0, 0.1) is 11.3 Å². The van der Waals surface area contributed by atoms with Crippen LogP contribution < -0.4 is 0 Å². The molecular formula is C25H45N3Si. The Morgan fingerprint density at radius 1 is 0.621 bits per heavy atom. The van der Waals surface area contributed by atoms with Crippen molar-refractivity contribution >= 4 is 8.24 Å². The van der Waals surface area contributed by atoms with Gasteiger partial charge in [0, 0.05) is 39.1 Å². The van der Waals surface area contributed by atoms with Crippen molar-refractivity contribution in [3.63, 3.8) is 0 Å². The Bertz CT molecular complexity index is 473. The smallest absolute Gasteiger partial charge is 0.137 e. The van der Waals surface area contributed by atoms with Crippen molar-refractivity contribution in [1.29, 1.82) is 5.26 Å². The second-order valence-corrected chi connectivity index (χ2v) is 15.5. The zero-order valence-corrected chi connectivity index (χ0v) is 19.9. The van der Waals surface area contributed by atoms with Gasteiger partial charge in [-0.1, -0.05) is 96.3 Å². The van der Waals surface area contributed by atoms with Crippen LogP contribution in [-0.2, 0) is 0 Å². The van der Waals surface area contributed by atoms with E-state index in [9.17, 15) is 0 Å². The van der Waals surface area contributed by atoms with Gasteiger partial charge in [0.2, 0.25) is 0 Å². The number of rotatable bonds is 6. The molecule has 29 heavy (non-hydrogen) atoms. The van der Waals surface area contributed by atoms with E-state index in [0.717, 1.165) is 23.2 Å². The lowest BCUT2D eigenvalue weighted by Gasteiger charge is -2.60. The molecule has 4 heteroatoms. The van der Waals surface area contributed by atoms with E-state index >= 15 is 0 Å². The number of hydrogen-bond donors (Lipinski definition) is 0. The van der Waals surface area contributed by atoms with E-state index < -0.39 is 8.24 Å². The van der Waals surface area contributed by atoms with Gasteiger partial charge in [-0.15, -0.1) is 0 Å². The van der Waals surface area contributed by atoms with E-state index in [2.05, 4.69) is 15.5 Å². The summed E-state index contributed by atoms with van der Waals surface area (Å²) in [7, 11) is -1.51.